The number of carbonyl (C=O) groups is 1. The normalized spacial score (nSPS) is 28.3. The largest absolute Gasteiger partial charge is 0.391 e. The smallest absolute Gasteiger partial charge is 0.378 e. The van der Waals surface area contributed by atoms with Crippen LogP contribution in [-0.2, 0) is 9.53 Å². The molecule has 0 saturated heterocycles. The maximum atomic E-state index is 12.0. The van der Waals surface area contributed by atoms with Crippen LogP contribution in [-0.4, -0.2) is 36.9 Å². The summed E-state index contributed by atoms with van der Waals surface area (Å²) in [6.07, 6.45) is -3.19. The highest BCUT2D eigenvalue weighted by atomic mass is 19.4. The molecule has 0 radical (unpaired) electrons. The Balaban J connectivity index is 2.51. The first-order valence-electron chi connectivity index (χ1n) is 6.52. The fourth-order valence-corrected chi connectivity index (χ4v) is 2.52. The molecule has 0 spiro atoms. The van der Waals surface area contributed by atoms with E-state index in [4.69, 9.17) is 10.5 Å². The first-order chi connectivity index (χ1) is 8.79. The molecule has 0 bridgehead atoms. The second kappa shape index (κ2) is 6.56. The lowest BCUT2D eigenvalue weighted by atomic mass is 9.79. The van der Waals surface area contributed by atoms with Crippen LogP contribution >= 0.6 is 0 Å². The summed E-state index contributed by atoms with van der Waals surface area (Å²) in [7, 11) is 0. The van der Waals surface area contributed by atoms with Crippen LogP contribution in [0.2, 0.25) is 0 Å². The summed E-state index contributed by atoms with van der Waals surface area (Å²) in [6, 6.07) is 0. The monoisotopic (exact) mass is 282 g/mol. The summed E-state index contributed by atoms with van der Waals surface area (Å²) >= 11 is 0. The van der Waals surface area contributed by atoms with E-state index in [-0.39, 0.29) is 12.7 Å². The second-order valence-electron chi connectivity index (χ2n) is 4.93. The number of carbonyl (C=O) groups excluding carboxylic acids is 1. The molecule has 0 heterocycles. The summed E-state index contributed by atoms with van der Waals surface area (Å²) < 4.78 is 41.4. The van der Waals surface area contributed by atoms with E-state index >= 15 is 0 Å². The Labute approximate surface area is 110 Å². The third-order valence-corrected chi connectivity index (χ3v) is 3.43. The van der Waals surface area contributed by atoms with Crippen molar-refractivity contribution in [1.29, 1.82) is 0 Å². The Kier molecular flexibility index (Phi) is 5.61. The van der Waals surface area contributed by atoms with Gasteiger partial charge in [0, 0.05) is 6.42 Å². The Morgan fingerprint density at radius 3 is 2.74 bits per heavy atom. The molecule has 2 unspecified atom stereocenters. The van der Waals surface area contributed by atoms with Gasteiger partial charge in [0.05, 0.1) is 19.1 Å². The molecule has 7 heteroatoms. The van der Waals surface area contributed by atoms with E-state index in [1.165, 1.54) is 0 Å². The highest BCUT2D eigenvalue weighted by molar-refractivity contribution is 5.84. The van der Waals surface area contributed by atoms with E-state index in [0.717, 1.165) is 0 Å². The molecule has 0 aromatic rings. The van der Waals surface area contributed by atoms with Crippen molar-refractivity contribution in [3.8, 4) is 0 Å². The van der Waals surface area contributed by atoms with Crippen LogP contribution in [0.4, 0.5) is 13.2 Å². The number of alkyl halides is 3. The van der Waals surface area contributed by atoms with Crippen LogP contribution in [0.3, 0.4) is 0 Å². The summed E-state index contributed by atoms with van der Waals surface area (Å²) in [5.74, 6) is -0.460. The maximum Gasteiger partial charge on any atom is 0.391 e. The number of nitrogens with one attached hydrogen (secondary N) is 1. The highest BCUT2D eigenvalue weighted by Crippen LogP contribution is 2.30. The average molecular weight is 282 g/mol. The second-order valence-corrected chi connectivity index (χ2v) is 4.93. The number of amides is 1. The van der Waals surface area contributed by atoms with Gasteiger partial charge in [0.25, 0.3) is 0 Å². The van der Waals surface area contributed by atoms with Crippen molar-refractivity contribution in [3.05, 3.63) is 0 Å². The van der Waals surface area contributed by atoms with Crippen LogP contribution in [0, 0.1) is 0 Å². The van der Waals surface area contributed by atoms with Crippen LogP contribution in [0.1, 0.15) is 39.0 Å². The van der Waals surface area contributed by atoms with Crippen molar-refractivity contribution >= 4 is 5.91 Å². The van der Waals surface area contributed by atoms with E-state index in [2.05, 4.69) is 5.32 Å². The molecule has 1 aliphatic carbocycles. The van der Waals surface area contributed by atoms with E-state index in [1.807, 2.05) is 6.92 Å². The van der Waals surface area contributed by atoms with E-state index in [9.17, 15) is 18.0 Å². The van der Waals surface area contributed by atoms with Gasteiger partial charge in [0.1, 0.15) is 5.54 Å². The number of nitrogens with two attached hydrogens (primary N) is 1. The molecule has 1 amide bonds. The number of rotatable bonds is 6. The molecule has 1 aliphatic rings. The van der Waals surface area contributed by atoms with E-state index in [1.54, 1.807) is 0 Å². The lowest BCUT2D eigenvalue weighted by molar-refractivity contribution is -0.152. The van der Waals surface area contributed by atoms with Gasteiger partial charge in [0.15, 0.2) is 0 Å². The van der Waals surface area contributed by atoms with Crippen LogP contribution < -0.4 is 11.1 Å². The fourth-order valence-electron chi connectivity index (χ4n) is 2.52. The van der Waals surface area contributed by atoms with Gasteiger partial charge in [-0.3, -0.25) is 4.79 Å². The van der Waals surface area contributed by atoms with Crippen molar-refractivity contribution in [2.24, 2.45) is 5.73 Å². The number of hydrogen-bond donors (Lipinski definition) is 2. The minimum atomic E-state index is -4.21. The number of primary amides is 1. The molecule has 1 saturated carbocycles. The summed E-state index contributed by atoms with van der Waals surface area (Å²) in [5.41, 5.74) is 4.57. The minimum Gasteiger partial charge on any atom is -0.378 e. The molecular weight excluding hydrogens is 261 g/mol. The number of ether oxygens (including phenoxy) is 1. The zero-order chi connectivity index (χ0) is 14.5. The van der Waals surface area contributed by atoms with E-state index in [0.29, 0.717) is 32.2 Å². The van der Waals surface area contributed by atoms with Crippen LogP contribution in [0.15, 0.2) is 0 Å². The maximum absolute atomic E-state index is 12.0. The quantitative estimate of drug-likeness (QED) is 0.780. The van der Waals surface area contributed by atoms with Gasteiger partial charge >= 0.3 is 6.18 Å². The molecule has 19 heavy (non-hydrogen) atoms. The first kappa shape index (κ1) is 16.2. The lowest BCUT2D eigenvalue weighted by Crippen LogP contribution is -2.58. The van der Waals surface area contributed by atoms with Crippen LogP contribution in [0.25, 0.3) is 0 Å². The van der Waals surface area contributed by atoms with Crippen LogP contribution in [0.5, 0.6) is 0 Å². The Morgan fingerprint density at radius 2 is 2.21 bits per heavy atom. The Bertz CT molecular complexity index is 306. The van der Waals surface area contributed by atoms with Gasteiger partial charge in [-0.15, -0.1) is 0 Å². The summed E-state index contributed by atoms with van der Waals surface area (Å²) in [4.78, 5) is 11.6. The summed E-state index contributed by atoms with van der Waals surface area (Å²) in [5, 5.41) is 3.06. The molecule has 4 nitrogen and oxygen atoms in total. The molecule has 1 fully saturated rings. The average Bonchev–Trinajstić information content (AvgIpc) is 2.28. The number of hydrogen-bond acceptors (Lipinski definition) is 3. The first-order valence-corrected chi connectivity index (χ1v) is 6.52. The zero-order valence-corrected chi connectivity index (χ0v) is 11.1. The van der Waals surface area contributed by atoms with Crippen molar-refractivity contribution in [2.45, 2.75) is 56.8 Å². The fraction of sp³-hybridized carbons (Fsp3) is 0.917. The van der Waals surface area contributed by atoms with Gasteiger partial charge < -0.3 is 15.8 Å². The molecule has 2 atom stereocenters. The molecule has 0 aromatic carbocycles. The van der Waals surface area contributed by atoms with Crippen molar-refractivity contribution in [2.75, 3.05) is 13.2 Å². The predicted molar refractivity (Wildman–Crippen MR) is 64.5 cm³/mol. The Hall–Kier alpha value is -0.820. The van der Waals surface area contributed by atoms with E-state index < -0.39 is 24.0 Å². The molecule has 0 aromatic heterocycles. The van der Waals surface area contributed by atoms with Crippen molar-refractivity contribution in [3.63, 3.8) is 0 Å². The molecular formula is C12H21F3N2O2. The standard InChI is InChI=1S/C12H21F3N2O2/c1-2-17-11(10(16)18)5-3-4-9(8-11)19-7-6-12(13,14)15/h9,17H,2-8H2,1H3,(H2,16,18). The van der Waals surface area contributed by atoms with Crippen molar-refractivity contribution in [1.82, 2.24) is 5.32 Å². The molecule has 112 valence electrons. The molecule has 0 aliphatic heterocycles. The topological polar surface area (TPSA) is 64.3 Å². The minimum absolute atomic E-state index is 0.341. The Morgan fingerprint density at radius 1 is 1.53 bits per heavy atom. The van der Waals surface area contributed by atoms with Gasteiger partial charge in [-0.25, -0.2) is 0 Å². The lowest BCUT2D eigenvalue weighted by Gasteiger charge is -2.39. The predicted octanol–water partition coefficient (Wildman–Crippen LogP) is 1.73. The van der Waals surface area contributed by atoms with Gasteiger partial charge in [-0.2, -0.15) is 13.2 Å². The molecule has 1 rings (SSSR count). The zero-order valence-electron chi connectivity index (χ0n) is 11.1. The van der Waals surface area contributed by atoms with Crippen molar-refractivity contribution < 1.29 is 22.7 Å². The highest BCUT2D eigenvalue weighted by Gasteiger charge is 2.41. The molecule has 3 N–H and O–H groups in total. The third kappa shape index (κ3) is 4.99. The van der Waals surface area contributed by atoms with Gasteiger partial charge in [0.2, 0.25) is 5.91 Å². The SMILES string of the molecule is CCNC1(C(N)=O)CCCC(OCCC(F)(F)F)C1. The summed E-state index contributed by atoms with van der Waals surface area (Å²) in [6.45, 7) is 2.08. The van der Waals surface area contributed by atoms with Gasteiger partial charge in [-0.05, 0) is 25.8 Å². The third-order valence-electron chi connectivity index (χ3n) is 3.43. The van der Waals surface area contributed by atoms with Gasteiger partial charge in [-0.1, -0.05) is 6.92 Å². The number of likely N-dealkylation sites (N-methyl/N-ethyl adjacent to an activating group) is 1. The number of halogens is 3.